The van der Waals surface area contributed by atoms with Crippen molar-refractivity contribution in [3.05, 3.63) is 46.1 Å². The number of esters is 2. The summed E-state index contributed by atoms with van der Waals surface area (Å²) < 4.78 is 9.79. The van der Waals surface area contributed by atoms with E-state index in [1.54, 1.807) is 38.1 Å². The first-order chi connectivity index (χ1) is 11.9. The molecule has 1 aromatic carbocycles. The first-order valence-electron chi connectivity index (χ1n) is 7.90. The van der Waals surface area contributed by atoms with Gasteiger partial charge < -0.3 is 14.4 Å². The van der Waals surface area contributed by atoms with E-state index in [2.05, 4.69) is 0 Å². The van der Waals surface area contributed by atoms with Gasteiger partial charge in [0, 0.05) is 23.1 Å². The van der Waals surface area contributed by atoms with Crippen molar-refractivity contribution in [1.29, 1.82) is 0 Å². The molecular weight excluding hydrogens is 346 g/mol. The number of halogens is 1. The highest BCUT2D eigenvalue weighted by Gasteiger charge is 2.38. The average molecular weight is 366 g/mol. The van der Waals surface area contributed by atoms with Gasteiger partial charge in [-0.05, 0) is 25.5 Å². The number of hydrogen-bond acceptors (Lipinski definition) is 5. The molecule has 25 heavy (non-hydrogen) atoms. The Morgan fingerprint density at radius 2 is 2.00 bits per heavy atom. The Kier molecular flexibility index (Phi) is 6.20. The molecule has 0 fully saturated rings. The molecule has 1 amide bonds. The van der Waals surface area contributed by atoms with E-state index in [0.29, 0.717) is 21.9 Å². The summed E-state index contributed by atoms with van der Waals surface area (Å²) in [6, 6.07) is 7.05. The number of rotatable bonds is 5. The molecule has 1 heterocycles. The van der Waals surface area contributed by atoms with E-state index < -0.39 is 17.9 Å². The molecule has 1 atom stereocenters. The maximum absolute atomic E-state index is 12.6. The summed E-state index contributed by atoms with van der Waals surface area (Å²) in [5.41, 5.74) is 1.37. The van der Waals surface area contributed by atoms with Crippen LogP contribution in [-0.4, -0.2) is 43.0 Å². The minimum Gasteiger partial charge on any atom is -0.466 e. The first kappa shape index (κ1) is 19.0. The van der Waals surface area contributed by atoms with Crippen molar-refractivity contribution in [1.82, 2.24) is 4.90 Å². The lowest BCUT2D eigenvalue weighted by Crippen LogP contribution is -2.41. The third-order valence-corrected chi connectivity index (χ3v) is 4.45. The van der Waals surface area contributed by atoms with Gasteiger partial charge in [-0.25, -0.2) is 4.79 Å². The molecule has 0 aromatic heterocycles. The molecule has 1 unspecified atom stereocenters. The van der Waals surface area contributed by atoms with Crippen LogP contribution in [0.4, 0.5) is 0 Å². The summed E-state index contributed by atoms with van der Waals surface area (Å²) in [6.45, 7) is 3.28. The smallest absolute Gasteiger partial charge is 0.336 e. The number of benzene rings is 1. The number of amides is 1. The number of nitrogens with zero attached hydrogens (tertiary/aromatic N) is 1. The van der Waals surface area contributed by atoms with Crippen LogP contribution in [0.3, 0.4) is 0 Å². The molecule has 0 N–H and O–H groups in total. The molecule has 0 bridgehead atoms. The second-order valence-corrected chi connectivity index (χ2v) is 5.96. The van der Waals surface area contributed by atoms with Crippen molar-refractivity contribution in [3.8, 4) is 0 Å². The van der Waals surface area contributed by atoms with Crippen molar-refractivity contribution in [2.45, 2.75) is 26.2 Å². The molecule has 6 nitrogen and oxygen atoms in total. The van der Waals surface area contributed by atoms with Crippen LogP contribution in [0.15, 0.2) is 35.5 Å². The molecule has 0 radical (unpaired) electrons. The minimum absolute atomic E-state index is 0.0188. The van der Waals surface area contributed by atoms with E-state index in [9.17, 15) is 14.4 Å². The molecule has 2 rings (SSSR count). The number of ether oxygens (including phenoxy) is 2. The Bertz CT molecular complexity index is 728. The van der Waals surface area contributed by atoms with Crippen LogP contribution in [0.1, 0.15) is 31.7 Å². The van der Waals surface area contributed by atoms with Gasteiger partial charge in [-0.3, -0.25) is 9.59 Å². The molecule has 7 heteroatoms. The summed E-state index contributed by atoms with van der Waals surface area (Å²) >= 11 is 6.25. The van der Waals surface area contributed by atoms with Crippen molar-refractivity contribution in [3.63, 3.8) is 0 Å². The lowest BCUT2D eigenvalue weighted by Gasteiger charge is -2.34. The second-order valence-electron chi connectivity index (χ2n) is 5.55. The predicted molar refractivity (Wildman–Crippen MR) is 91.9 cm³/mol. The van der Waals surface area contributed by atoms with Crippen LogP contribution in [0.25, 0.3) is 0 Å². The Hall–Kier alpha value is -2.34. The zero-order chi connectivity index (χ0) is 18.6. The molecule has 0 saturated heterocycles. The summed E-state index contributed by atoms with van der Waals surface area (Å²) in [5, 5.41) is 0.466. The van der Waals surface area contributed by atoms with Crippen molar-refractivity contribution in [2.24, 2.45) is 0 Å². The zero-order valence-electron chi connectivity index (χ0n) is 14.4. The van der Waals surface area contributed by atoms with Crippen LogP contribution in [0.2, 0.25) is 5.02 Å². The average Bonchev–Trinajstić information content (AvgIpc) is 2.58. The van der Waals surface area contributed by atoms with E-state index in [1.165, 1.54) is 12.0 Å². The number of methoxy groups -OCH3 is 1. The number of hydrogen-bond donors (Lipinski definition) is 0. The van der Waals surface area contributed by atoms with Crippen molar-refractivity contribution < 1.29 is 23.9 Å². The number of carbonyl (C=O) groups excluding carboxylic acids is 3. The van der Waals surface area contributed by atoms with Crippen LogP contribution < -0.4 is 0 Å². The Morgan fingerprint density at radius 3 is 2.60 bits per heavy atom. The fraction of sp³-hybridized carbons (Fsp3) is 0.389. The lowest BCUT2D eigenvalue weighted by atomic mass is 9.83. The van der Waals surface area contributed by atoms with Crippen molar-refractivity contribution in [2.75, 3.05) is 20.3 Å². The minimum atomic E-state index is -0.552. The molecule has 0 aliphatic carbocycles. The highest BCUT2D eigenvalue weighted by atomic mass is 35.5. The summed E-state index contributed by atoms with van der Waals surface area (Å²) in [5.74, 6) is -1.88. The van der Waals surface area contributed by atoms with Gasteiger partial charge in [-0.1, -0.05) is 29.8 Å². The number of allylic oxidation sites excluding steroid dienone is 1. The lowest BCUT2D eigenvalue weighted by molar-refractivity contribution is -0.148. The monoisotopic (exact) mass is 365 g/mol. The van der Waals surface area contributed by atoms with Crippen LogP contribution in [0, 0.1) is 0 Å². The third-order valence-electron chi connectivity index (χ3n) is 4.10. The van der Waals surface area contributed by atoms with Gasteiger partial charge in [-0.2, -0.15) is 0 Å². The largest absolute Gasteiger partial charge is 0.466 e. The number of carbonyl (C=O) groups is 3. The van der Waals surface area contributed by atoms with E-state index in [-0.39, 0.29) is 25.5 Å². The summed E-state index contributed by atoms with van der Waals surface area (Å²) in [6.07, 6.45) is 0.0188. The molecule has 0 saturated carbocycles. The maximum atomic E-state index is 12.6. The van der Waals surface area contributed by atoms with Gasteiger partial charge in [0.1, 0.15) is 6.54 Å². The quantitative estimate of drug-likeness (QED) is 0.750. The fourth-order valence-electron chi connectivity index (χ4n) is 2.94. The van der Waals surface area contributed by atoms with Gasteiger partial charge in [-0.15, -0.1) is 0 Å². The van der Waals surface area contributed by atoms with E-state index in [1.807, 2.05) is 0 Å². The standard InChI is InChI=1S/C18H20ClNO5/c1-4-25-16(22)10-20-11(2)17(18(23)24-3)13(9-15(20)21)12-7-5-6-8-14(12)19/h5-8,13H,4,9-10H2,1-3H3. The van der Waals surface area contributed by atoms with Gasteiger partial charge >= 0.3 is 11.9 Å². The molecule has 1 aromatic rings. The highest BCUT2D eigenvalue weighted by Crippen LogP contribution is 2.39. The van der Waals surface area contributed by atoms with Gasteiger partial charge in [0.15, 0.2) is 0 Å². The highest BCUT2D eigenvalue weighted by molar-refractivity contribution is 6.31. The van der Waals surface area contributed by atoms with Gasteiger partial charge in [0.05, 0.1) is 19.3 Å². The normalized spacial score (nSPS) is 17.5. The Balaban J connectivity index is 2.48. The van der Waals surface area contributed by atoms with E-state index in [0.717, 1.165) is 0 Å². The topological polar surface area (TPSA) is 72.9 Å². The molecule has 0 spiro atoms. The van der Waals surface area contributed by atoms with E-state index in [4.69, 9.17) is 21.1 Å². The van der Waals surface area contributed by atoms with Crippen LogP contribution in [-0.2, 0) is 23.9 Å². The van der Waals surface area contributed by atoms with Crippen LogP contribution in [0.5, 0.6) is 0 Å². The molecule has 1 aliphatic heterocycles. The first-order valence-corrected chi connectivity index (χ1v) is 8.28. The van der Waals surface area contributed by atoms with Crippen LogP contribution >= 0.6 is 11.6 Å². The summed E-state index contributed by atoms with van der Waals surface area (Å²) in [7, 11) is 1.28. The summed E-state index contributed by atoms with van der Waals surface area (Å²) in [4.78, 5) is 38.0. The van der Waals surface area contributed by atoms with Crippen molar-refractivity contribution >= 4 is 29.4 Å². The third kappa shape index (κ3) is 4.02. The fourth-order valence-corrected chi connectivity index (χ4v) is 3.20. The SMILES string of the molecule is CCOC(=O)CN1C(=O)CC(c2ccccc2Cl)C(C(=O)OC)=C1C. The van der Waals surface area contributed by atoms with Gasteiger partial charge in [0.25, 0.3) is 0 Å². The second kappa shape index (κ2) is 8.16. The Labute approximate surface area is 151 Å². The van der Waals surface area contributed by atoms with E-state index >= 15 is 0 Å². The Morgan fingerprint density at radius 1 is 1.32 bits per heavy atom. The predicted octanol–water partition coefficient (Wildman–Crippen LogP) is 2.67. The van der Waals surface area contributed by atoms with Gasteiger partial charge in [0.2, 0.25) is 5.91 Å². The maximum Gasteiger partial charge on any atom is 0.336 e. The molecular formula is C18H20ClNO5. The zero-order valence-corrected chi connectivity index (χ0v) is 15.1. The molecule has 1 aliphatic rings. The molecule has 134 valence electrons.